The minimum Gasteiger partial charge on any atom is -1.00 e. The van der Waals surface area contributed by atoms with Gasteiger partial charge in [0.25, 0.3) is 0 Å². The van der Waals surface area contributed by atoms with Gasteiger partial charge in [0.1, 0.15) is 6.20 Å². The van der Waals surface area contributed by atoms with Crippen LogP contribution in [0, 0.1) is 0 Å². The molecule has 0 amide bonds. The van der Waals surface area contributed by atoms with E-state index in [1.54, 1.807) is 52.2 Å². The summed E-state index contributed by atoms with van der Waals surface area (Å²) in [6.45, 7) is 6.24. The number of nitrogens with zero attached hydrogens (tertiary/aromatic N) is 1. The van der Waals surface area contributed by atoms with Gasteiger partial charge in [0.2, 0.25) is 0 Å². The molecule has 6 nitrogen and oxygen atoms in total. The van der Waals surface area contributed by atoms with Crippen LogP contribution >= 0.6 is 7.75 Å². The number of hydrogen-bond acceptors (Lipinski definition) is 5. The largest absolute Gasteiger partial charge is 1.00 e. The Morgan fingerprint density at radius 3 is 2.29 bits per heavy atom. The lowest BCUT2D eigenvalue weighted by atomic mass is 10.1. The Hall–Kier alpha value is -0.530. The van der Waals surface area contributed by atoms with E-state index in [9.17, 15) is 8.77 Å². The zero-order valence-electron chi connectivity index (χ0n) is 14.2. The first-order valence-electron chi connectivity index (χ1n) is 7.56. The third-order valence-electron chi connectivity index (χ3n) is 3.52. The summed E-state index contributed by atoms with van der Waals surface area (Å²) in [5.74, 6) is 0. The molecule has 1 heterocycles. The first-order chi connectivity index (χ1) is 10.9. The number of hydrogen-bond donors (Lipinski definition) is 0. The second kappa shape index (κ2) is 8.72. The highest BCUT2D eigenvalue weighted by Crippen LogP contribution is 2.62. The molecule has 2 aliphatic rings. The lowest BCUT2D eigenvalue weighted by Crippen LogP contribution is -3.00. The lowest BCUT2D eigenvalue weighted by molar-refractivity contribution is -0.704. The molecule has 2 unspecified atom stereocenters. The number of halogens is 1. The third kappa shape index (κ3) is 3.83. The van der Waals surface area contributed by atoms with E-state index in [1.807, 2.05) is 6.08 Å². The minimum absolute atomic E-state index is 0. The van der Waals surface area contributed by atoms with Crippen molar-refractivity contribution in [2.24, 2.45) is 0 Å². The van der Waals surface area contributed by atoms with Crippen molar-refractivity contribution in [1.82, 2.24) is 0 Å². The van der Waals surface area contributed by atoms with Crippen LogP contribution in [0.3, 0.4) is 0 Å². The second-order valence-electron chi connectivity index (χ2n) is 5.01. The predicted molar refractivity (Wildman–Crippen MR) is 90.2 cm³/mol. The van der Waals surface area contributed by atoms with E-state index in [0.717, 1.165) is 11.3 Å². The van der Waals surface area contributed by atoms with Gasteiger partial charge in [-0.05, 0) is 39.0 Å². The first kappa shape index (κ1) is 21.5. The normalized spacial score (nSPS) is 23.8. The summed E-state index contributed by atoms with van der Waals surface area (Å²) in [4.78, 5) is 0.542. The van der Waals surface area contributed by atoms with Gasteiger partial charge in [0.15, 0.2) is 16.8 Å². The predicted octanol–water partition coefficient (Wildman–Crippen LogP) is 0.553. The molecule has 24 heavy (non-hydrogen) atoms. The first-order valence-corrected chi connectivity index (χ1v) is 10.1. The lowest BCUT2D eigenvalue weighted by Gasteiger charge is -2.36. The Balaban J connectivity index is 0.00000288. The van der Waals surface area contributed by atoms with Gasteiger partial charge in [-0.15, -0.1) is 0 Å². The highest BCUT2D eigenvalue weighted by molar-refractivity contribution is 7.84. The number of rotatable bonds is 8. The van der Waals surface area contributed by atoms with E-state index in [4.69, 9.17) is 13.2 Å². The number of fused-ring (bicyclic) bond motifs is 1. The molecule has 2 rings (SSSR count). The summed E-state index contributed by atoms with van der Waals surface area (Å²) < 4.78 is 41.5. The number of likely N-dealkylation sites (N-methyl/N-ethyl adjacent to an activating group) is 1. The molecular formula is C15H23ClNO5PS. The van der Waals surface area contributed by atoms with Crippen LogP contribution in [0.15, 0.2) is 46.7 Å². The monoisotopic (exact) mass is 395 g/mol. The number of allylic oxidation sites excluding steroid dienone is 4. The van der Waals surface area contributed by atoms with Crippen LogP contribution in [0.2, 0.25) is 0 Å². The van der Waals surface area contributed by atoms with Crippen LogP contribution in [0.5, 0.6) is 0 Å². The van der Waals surface area contributed by atoms with E-state index in [-0.39, 0.29) is 29.9 Å². The Morgan fingerprint density at radius 1 is 1.12 bits per heavy atom. The fourth-order valence-corrected chi connectivity index (χ4v) is 5.16. The molecule has 0 aromatic heterocycles. The van der Waals surface area contributed by atoms with Gasteiger partial charge in [-0.2, -0.15) is 4.25 Å². The van der Waals surface area contributed by atoms with Crippen LogP contribution in [0.4, 0.5) is 0 Å². The minimum atomic E-state index is -3.48. The fourth-order valence-electron chi connectivity index (χ4n) is 2.50. The standard InChI is InChI=1S/C15H23NO5PS.ClH/c1-5-19-22(17,20-6-2)16(4)10-8-9-13-11-14(12-15(13)16)23(18)21-7-3;/h8-12H,5-7H2,1-4H3;1H/q+1;/p-1. The Labute approximate surface area is 152 Å². The molecule has 0 aromatic carbocycles. The molecule has 0 N–H and O–H groups in total. The highest BCUT2D eigenvalue weighted by Gasteiger charge is 2.52. The van der Waals surface area contributed by atoms with Crippen LogP contribution in [-0.2, 0) is 28.9 Å². The smallest absolute Gasteiger partial charge is 0.541 e. The molecule has 1 aliphatic carbocycles. The van der Waals surface area contributed by atoms with E-state index in [0.29, 0.717) is 11.5 Å². The Kier molecular flexibility index (Phi) is 7.81. The molecule has 0 spiro atoms. The summed E-state index contributed by atoms with van der Waals surface area (Å²) in [7, 11) is -1.71. The molecule has 0 bridgehead atoms. The van der Waals surface area contributed by atoms with Gasteiger partial charge >= 0.3 is 7.75 Å². The van der Waals surface area contributed by atoms with Crippen molar-refractivity contribution in [3.05, 3.63) is 46.7 Å². The summed E-state index contributed by atoms with van der Waals surface area (Å²) in [5, 5.41) is 0. The van der Waals surface area contributed by atoms with E-state index < -0.39 is 18.8 Å². The molecule has 2 atom stereocenters. The molecule has 0 radical (unpaired) electrons. The van der Waals surface area contributed by atoms with Crippen LogP contribution in [0.25, 0.3) is 0 Å². The molecule has 9 heteroatoms. The van der Waals surface area contributed by atoms with Gasteiger partial charge in [-0.25, -0.2) is 8.77 Å². The SMILES string of the molecule is CCOS(=O)C1=CC2=CC=C[N+](C)(P(=O)(OCC)OCC)C2=C1.[Cl-]. The Bertz CT molecular complexity index is 663. The Morgan fingerprint density at radius 2 is 1.75 bits per heavy atom. The van der Waals surface area contributed by atoms with Crippen LogP contribution < -0.4 is 12.4 Å². The van der Waals surface area contributed by atoms with Crippen LogP contribution in [-0.4, -0.2) is 35.3 Å². The zero-order chi connectivity index (χ0) is 17.1. The molecule has 1 aliphatic heterocycles. The maximum absolute atomic E-state index is 13.3. The van der Waals surface area contributed by atoms with E-state index in [1.165, 1.54) is 0 Å². The second-order valence-corrected chi connectivity index (χ2v) is 8.47. The summed E-state index contributed by atoms with van der Waals surface area (Å²) >= 11 is -1.54. The average molecular weight is 396 g/mol. The molecule has 0 fully saturated rings. The van der Waals surface area contributed by atoms with Gasteiger partial charge < -0.3 is 12.4 Å². The summed E-state index contributed by atoms with van der Waals surface area (Å²) in [6, 6.07) is 0. The topological polar surface area (TPSA) is 61.8 Å². The summed E-state index contributed by atoms with van der Waals surface area (Å²) in [6.07, 6.45) is 8.97. The zero-order valence-corrected chi connectivity index (χ0v) is 16.7. The highest BCUT2D eigenvalue weighted by atomic mass is 35.5. The van der Waals surface area contributed by atoms with Crippen LogP contribution in [0.1, 0.15) is 20.8 Å². The van der Waals surface area contributed by atoms with Gasteiger partial charge in [0, 0.05) is 11.6 Å². The van der Waals surface area contributed by atoms with Crippen molar-refractivity contribution in [3.63, 3.8) is 0 Å². The molecular weight excluding hydrogens is 373 g/mol. The van der Waals surface area contributed by atoms with Gasteiger partial charge in [0.05, 0.1) is 31.8 Å². The summed E-state index contributed by atoms with van der Waals surface area (Å²) in [5.41, 5.74) is 1.55. The van der Waals surface area contributed by atoms with Crippen molar-refractivity contribution in [1.29, 1.82) is 0 Å². The maximum atomic E-state index is 13.3. The van der Waals surface area contributed by atoms with Crippen molar-refractivity contribution in [2.75, 3.05) is 26.9 Å². The van der Waals surface area contributed by atoms with E-state index >= 15 is 0 Å². The van der Waals surface area contributed by atoms with E-state index in [2.05, 4.69) is 0 Å². The molecule has 0 saturated heterocycles. The molecule has 0 aromatic rings. The molecule has 136 valence electrons. The third-order valence-corrected chi connectivity index (χ3v) is 7.13. The number of quaternary nitrogens is 1. The molecule has 0 saturated carbocycles. The van der Waals surface area contributed by atoms with Crippen molar-refractivity contribution < 1.29 is 38.7 Å². The van der Waals surface area contributed by atoms with Gasteiger partial charge in [-0.3, -0.25) is 13.2 Å². The quantitative estimate of drug-likeness (QED) is 0.562. The van der Waals surface area contributed by atoms with Crippen molar-refractivity contribution >= 4 is 18.8 Å². The van der Waals surface area contributed by atoms with Crippen molar-refractivity contribution in [3.8, 4) is 0 Å². The van der Waals surface area contributed by atoms with Crippen molar-refractivity contribution in [2.45, 2.75) is 20.8 Å². The van der Waals surface area contributed by atoms with Gasteiger partial charge in [-0.1, -0.05) is 0 Å². The fraction of sp³-hybridized carbons (Fsp3) is 0.467. The maximum Gasteiger partial charge on any atom is 0.541 e. The average Bonchev–Trinajstić information content (AvgIpc) is 2.94.